The van der Waals surface area contributed by atoms with Gasteiger partial charge in [-0.25, -0.2) is 0 Å². The van der Waals surface area contributed by atoms with Crippen LogP contribution in [0.15, 0.2) is 0 Å². The van der Waals surface area contributed by atoms with E-state index in [1.807, 2.05) is 0 Å². The molecule has 2 atom stereocenters. The SMILES string of the molecule is CCCCOCCCN1CCC(NC)C(C)C1. The molecular weight excluding hydrogens is 212 g/mol. The minimum atomic E-state index is 0.715. The molecule has 1 rings (SSSR count). The summed E-state index contributed by atoms with van der Waals surface area (Å²) in [6, 6.07) is 0.715. The zero-order valence-corrected chi connectivity index (χ0v) is 11.9. The fourth-order valence-electron chi connectivity index (χ4n) is 2.60. The lowest BCUT2D eigenvalue weighted by molar-refractivity contribution is 0.102. The Bertz CT molecular complexity index is 187. The van der Waals surface area contributed by atoms with Gasteiger partial charge in [0.05, 0.1) is 0 Å². The molecule has 1 heterocycles. The van der Waals surface area contributed by atoms with E-state index in [1.54, 1.807) is 0 Å². The summed E-state index contributed by atoms with van der Waals surface area (Å²) in [6.45, 7) is 10.1. The van der Waals surface area contributed by atoms with Crippen molar-refractivity contribution >= 4 is 0 Å². The molecule has 0 aromatic carbocycles. The molecule has 0 aliphatic carbocycles. The van der Waals surface area contributed by atoms with Crippen LogP contribution in [0.5, 0.6) is 0 Å². The molecule has 0 aromatic rings. The Labute approximate surface area is 107 Å². The minimum absolute atomic E-state index is 0.715. The van der Waals surface area contributed by atoms with Crippen LogP contribution >= 0.6 is 0 Å². The molecule has 1 N–H and O–H groups in total. The van der Waals surface area contributed by atoms with Gasteiger partial charge < -0.3 is 15.0 Å². The molecule has 3 heteroatoms. The van der Waals surface area contributed by atoms with Crippen molar-refractivity contribution < 1.29 is 4.74 Å². The van der Waals surface area contributed by atoms with Crippen LogP contribution in [-0.2, 0) is 4.74 Å². The highest BCUT2D eigenvalue weighted by Gasteiger charge is 2.23. The minimum Gasteiger partial charge on any atom is -0.381 e. The Morgan fingerprint density at radius 1 is 1.29 bits per heavy atom. The first-order valence-corrected chi connectivity index (χ1v) is 7.25. The van der Waals surface area contributed by atoms with Gasteiger partial charge in [-0.2, -0.15) is 0 Å². The van der Waals surface area contributed by atoms with Gasteiger partial charge in [-0.1, -0.05) is 20.3 Å². The molecule has 17 heavy (non-hydrogen) atoms. The Kier molecular flexibility index (Phi) is 7.82. The summed E-state index contributed by atoms with van der Waals surface area (Å²) < 4.78 is 5.60. The molecule has 0 aromatic heterocycles. The topological polar surface area (TPSA) is 24.5 Å². The lowest BCUT2D eigenvalue weighted by Crippen LogP contribution is -2.47. The number of hydrogen-bond donors (Lipinski definition) is 1. The number of nitrogens with one attached hydrogen (secondary N) is 1. The predicted molar refractivity (Wildman–Crippen MR) is 73.4 cm³/mol. The van der Waals surface area contributed by atoms with E-state index in [2.05, 4.69) is 31.1 Å². The predicted octanol–water partition coefficient (Wildman–Crippen LogP) is 2.12. The molecule has 1 fully saturated rings. The Balaban J connectivity index is 2.01. The monoisotopic (exact) mass is 242 g/mol. The van der Waals surface area contributed by atoms with Gasteiger partial charge in [-0.05, 0) is 38.8 Å². The van der Waals surface area contributed by atoms with E-state index in [0.29, 0.717) is 6.04 Å². The lowest BCUT2D eigenvalue weighted by Gasteiger charge is -2.36. The molecule has 2 unspecified atom stereocenters. The normalized spacial score (nSPS) is 26.3. The lowest BCUT2D eigenvalue weighted by atomic mass is 9.94. The molecule has 1 saturated heterocycles. The molecular formula is C14H30N2O. The third kappa shape index (κ3) is 5.84. The van der Waals surface area contributed by atoms with E-state index in [9.17, 15) is 0 Å². The number of hydrogen-bond acceptors (Lipinski definition) is 3. The summed E-state index contributed by atoms with van der Waals surface area (Å²) in [7, 11) is 2.08. The van der Waals surface area contributed by atoms with E-state index in [0.717, 1.165) is 19.1 Å². The quantitative estimate of drug-likeness (QED) is 0.660. The van der Waals surface area contributed by atoms with Crippen LogP contribution in [0.1, 0.15) is 39.5 Å². The highest BCUT2D eigenvalue weighted by Crippen LogP contribution is 2.16. The third-order valence-electron chi connectivity index (χ3n) is 3.77. The van der Waals surface area contributed by atoms with Gasteiger partial charge in [0.25, 0.3) is 0 Å². The maximum atomic E-state index is 5.60. The van der Waals surface area contributed by atoms with Crippen molar-refractivity contribution in [3.63, 3.8) is 0 Å². The number of unbranched alkanes of at least 4 members (excludes halogenated alkanes) is 1. The molecule has 0 saturated carbocycles. The molecule has 1 aliphatic rings. The van der Waals surface area contributed by atoms with Crippen molar-refractivity contribution in [2.24, 2.45) is 5.92 Å². The van der Waals surface area contributed by atoms with Crippen LogP contribution < -0.4 is 5.32 Å². The summed E-state index contributed by atoms with van der Waals surface area (Å²) in [5, 5.41) is 3.41. The highest BCUT2D eigenvalue weighted by molar-refractivity contribution is 4.81. The molecule has 102 valence electrons. The second-order valence-electron chi connectivity index (χ2n) is 5.28. The Morgan fingerprint density at radius 2 is 2.06 bits per heavy atom. The van der Waals surface area contributed by atoms with Gasteiger partial charge in [0.2, 0.25) is 0 Å². The van der Waals surface area contributed by atoms with Crippen LogP contribution in [0.2, 0.25) is 0 Å². The van der Waals surface area contributed by atoms with Gasteiger partial charge in [-0.3, -0.25) is 0 Å². The first-order valence-electron chi connectivity index (χ1n) is 7.25. The smallest absolute Gasteiger partial charge is 0.0478 e. The van der Waals surface area contributed by atoms with Crippen molar-refractivity contribution in [3.8, 4) is 0 Å². The number of rotatable bonds is 8. The summed E-state index contributed by atoms with van der Waals surface area (Å²) in [6.07, 6.45) is 4.90. The number of piperidine rings is 1. The van der Waals surface area contributed by atoms with Gasteiger partial charge in [0.15, 0.2) is 0 Å². The van der Waals surface area contributed by atoms with Crippen molar-refractivity contribution in [2.45, 2.75) is 45.6 Å². The van der Waals surface area contributed by atoms with Gasteiger partial charge >= 0.3 is 0 Å². The van der Waals surface area contributed by atoms with Gasteiger partial charge in [-0.15, -0.1) is 0 Å². The summed E-state index contributed by atoms with van der Waals surface area (Å²) in [5.41, 5.74) is 0. The summed E-state index contributed by atoms with van der Waals surface area (Å²) in [4.78, 5) is 2.59. The van der Waals surface area contributed by atoms with E-state index in [4.69, 9.17) is 4.74 Å². The first kappa shape index (κ1) is 14.9. The number of ether oxygens (including phenoxy) is 1. The second kappa shape index (κ2) is 8.90. The first-order chi connectivity index (χ1) is 8.27. The van der Waals surface area contributed by atoms with E-state index in [-0.39, 0.29) is 0 Å². The molecule has 0 radical (unpaired) electrons. The second-order valence-corrected chi connectivity index (χ2v) is 5.28. The Morgan fingerprint density at radius 3 is 2.71 bits per heavy atom. The molecule has 0 amide bonds. The van der Waals surface area contributed by atoms with Gasteiger partial charge in [0, 0.05) is 32.3 Å². The number of nitrogens with zero attached hydrogens (tertiary/aromatic N) is 1. The van der Waals surface area contributed by atoms with Crippen LogP contribution in [0.25, 0.3) is 0 Å². The average molecular weight is 242 g/mol. The standard InChI is InChI=1S/C14H30N2O/c1-4-5-10-17-11-6-8-16-9-7-14(15-3)13(2)12-16/h13-15H,4-12H2,1-3H3. The maximum absolute atomic E-state index is 5.60. The van der Waals surface area contributed by atoms with Crippen molar-refractivity contribution in [2.75, 3.05) is 39.9 Å². The molecule has 1 aliphatic heterocycles. The average Bonchev–Trinajstić information content (AvgIpc) is 2.34. The fourth-order valence-corrected chi connectivity index (χ4v) is 2.60. The van der Waals surface area contributed by atoms with Crippen LogP contribution in [-0.4, -0.2) is 50.8 Å². The third-order valence-corrected chi connectivity index (χ3v) is 3.77. The highest BCUT2D eigenvalue weighted by atomic mass is 16.5. The van der Waals surface area contributed by atoms with E-state index in [1.165, 1.54) is 45.3 Å². The van der Waals surface area contributed by atoms with Crippen molar-refractivity contribution in [1.82, 2.24) is 10.2 Å². The van der Waals surface area contributed by atoms with Crippen molar-refractivity contribution in [1.29, 1.82) is 0 Å². The molecule has 3 nitrogen and oxygen atoms in total. The Hall–Kier alpha value is -0.120. The van der Waals surface area contributed by atoms with Crippen molar-refractivity contribution in [3.05, 3.63) is 0 Å². The fraction of sp³-hybridized carbons (Fsp3) is 1.00. The molecule has 0 spiro atoms. The summed E-state index contributed by atoms with van der Waals surface area (Å²) >= 11 is 0. The molecule has 0 bridgehead atoms. The van der Waals surface area contributed by atoms with Crippen LogP contribution in [0.3, 0.4) is 0 Å². The van der Waals surface area contributed by atoms with Crippen LogP contribution in [0.4, 0.5) is 0 Å². The summed E-state index contributed by atoms with van der Waals surface area (Å²) in [5.74, 6) is 0.773. The maximum Gasteiger partial charge on any atom is 0.0478 e. The number of likely N-dealkylation sites (tertiary alicyclic amines) is 1. The van der Waals surface area contributed by atoms with Gasteiger partial charge in [0.1, 0.15) is 0 Å². The zero-order chi connectivity index (χ0) is 12.5. The van der Waals surface area contributed by atoms with E-state index >= 15 is 0 Å². The zero-order valence-electron chi connectivity index (χ0n) is 11.9. The van der Waals surface area contributed by atoms with Crippen LogP contribution in [0, 0.1) is 5.92 Å². The largest absolute Gasteiger partial charge is 0.381 e. The van der Waals surface area contributed by atoms with E-state index < -0.39 is 0 Å².